The molecule has 2 amide bonds. The van der Waals surface area contributed by atoms with E-state index < -0.39 is 5.82 Å². The molecule has 0 unspecified atom stereocenters. The van der Waals surface area contributed by atoms with Crippen LogP contribution in [0.25, 0.3) is 0 Å². The number of benzene rings is 3. The summed E-state index contributed by atoms with van der Waals surface area (Å²) in [7, 11) is 0. The van der Waals surface area contributed by atoms with E-state index in [-0.39, 0.29) is 11.8 Å². The molecule has 0 atom stereocenters. The van der Waals surface area contributed by atoms with Crippen molar-refractivity contribution in [1.82, 2.24) is 4.90 Å². The van der Waals surface area contributed by atoms with E-state index in [1.54, 1.807) is 29.2 Å². The Morgan fingerprint density at radius 1 is 0.968 bits per heavy atom. The summed E-state index contributed by atoms with van der Waals surface area (Å²) in [6, 6.07) is 17.4. The molecule has 0 bridgehead atoms. The van der Waals surface area contributed by atoms with Crippen LogP contribution < -0.4 is 10.1 Å². The van der Waals surface area contributed by atoms with Gasteiger partial charge in [-0.25, -0.2) is 13.6 Å². The van der Waals surface area contributed by atoms with Gasteiger partial charge in [-0.2, -0.15) is 0 Å². The second-order valence-corrected chi connectivity index (χ2v) is 7.27. The normalized spacial score (nSPS) is 13.2. The number of nitrogens with zero attached hydrogens (tertiary/aromatic N) is 1. The number of amides is 2. The average molecular weight is 424 g/mol. The van der Waals surface area contributed by atoms with E-state index in [9.17, 15) is 13.6 Å². The van der Waals surface area contributed by atoms with E-state index in [0.717, 1.165) is 22.4 Å². The quantitative estimate of drug-likeness (QED) is 0.619. The molecule has 31 heavy (non-hydrogen) atoms. The largest absolute Gasteiger partial charge is 0.491 e. The molecule has 4 rings (SSSR count). The number of nitrogens with one attached hydrogen (secondary N) is 1. The van der Waals surface area contributed by atoms with Gasteiger partial charge in [-0.3, -0.25) is 0 Å². The van der Waals surface area contributed by atoms with E-state index in [2.05, 4.69) is 5.32 Å². The van der Waals surface area contributed by atoms with Crippen molar-refractivity contribution in [1.29, 1.82) is 0 Å². The molecule has 0 aromatic heterocycles. The third kappa shape index (κ3) is 5.58. The number of ether oxygens (including phenoxy) is 2. The second-order valence-electron chi connectivity index (χ2n) is 7.27. The third-order valence-corrected chi connectivity index (χ3v) is 4.92. The van der Waals surface area contributed by atoms with Gasteiger partial charge in [-0.05, 0) is 53.6 Å². The first kappa shape index (κ1) is 20.8. The van der Waals surface area contributed by atoms with Crippen LogP contribution in [0.2, 0.25) is 0 Å². The molecule has 1 aliphatic rings. The van der Waals surface area contributed by atoms with Gasteiger partial charge in [0.1, 0.15) is 24.0 Å². The number of hydrogen-bond acceptors (Lipinski definition) is 3. The molecule has 0 saturated carbocycles. The minimum Gasteiger partial charge on any atom is -0.491 e. The number of urea groups is 1. The highest BCUT2D eigenvalue weighted by Crippen LogP contribution is 2.25. The zero-order valence-electron chi connectivity index (χ0n) is 16.8. The Hall–Kier alpha value is -3.45. The predicted molar refractivity (Wildman–Crippen MR) is 113 cm³/mol. The van der Waals surface area contributed by atoms with Crippen LogP contribution >= 0.6 is 0 Å². The maximum atomic E-state index is 13.4. The Morgan fingerprint density at radius 3 is 2.55 bits per heavy atom. The van der Waals surface area contributed by atoms with Crippen LogP contribution in [0.5, 0.6) is 5.75 Å². The first-order valence-electron chi connectivity index (χ1n) is 9.95. The molecule has 1 heterocycles. The SMILES string of the molecule is O=C(Nc1cccc(F)c1)N1CCOc2ccc(COCc3ccc(F)cc3)cc2C1. The molecule has 5 nitrogen and oxygen atoms in total. The van der Waals surface area contributed by atoms with Crippen molar-refractivity contribution in [2.75, 3.05) is 18.5 Å². The van der Waals surface area contributed by atoms with Crippen molar-refractivity contribution in [3.05, 3.63) is 95.1 Å². The fourth-order valence-corrected chi connectivity index (χ4v) is 3.35. The number of rotatable bonds is 5. The molecule has 0 spiro atoms. The second kappa shape index (κ2) is 9.57. The Bertz CT molecular complexity index is 1060. The molecular formula is C24H22F2N2O3. The zero-order chi connectivity index (χ0) is 21.6. The number of hydrogen-bond donors (Lipinski definition) is 1. The van der Waals surface area contributed by atoms with Gasteiger partial charge in [0.05, 0.1) is 26.3 Å². The summed E-state index contributed by atoms with van der Waals surface area (Å²) < 4.78 is 37.9. The van der Waals surface area contributed by atoms with Crippen molar-refractivity contribution in [2.24, 2.45) is 0 Å². The van der Waals surface area contributed by atoms with Crippen molar-refractivity contribution in [3.8, 4) is 5.75 Å². The molecule has 7 heteroatoms. The lowest BCUT2D eigenvalue weighted by atomic mass is 10.1. The highest BCUT2D eigenvalue weighted by molar-refractivity contribution is 5.89. The van der Waals surface area contributed by atoms with Gasteiger partial charge in [-0.1, -0.05) is 24.3 Å². The van der Waals surface area contributed by atoms with Gasteiger partial charge >= 0.3 is 6.03 Å². The van der Waals surface area contributed by atoms with Crippen molar-refractivity contribution in [3.63, 3.8) is 0 Å². The van der Waals surface area contributed by atoms with Gasteiger partial charge in [0.25, 0.3) is 0 Å². The zero-order valence-corrected chi connectivity index (χ0v) is 16.8. The summed E-state index contributed by atoms with van der Waals surface area (Å²) in [6.45, 7) is 1.88. The first-order valence-corrected chi connectivity index (χ1v) is 9.95. The molecule has 160 valence electrons. The van der Waals surface area contributed by atoms with E-state index in [1.807, 2.05) is 18.2 Å². The van der Waals surface area contributed by atoms with E-state index in [0.29, 0.717) is 38.6 Å². The Morgan fingerprint density at radius 2 is 1.74 bits per heavy atom. The number of fused-ring (bicyclic) bond motifs is 1. The summed E-state index contributed by atoms with van der Waals surface area (Å²) in [5, 5.41) is 2.72. The van der Waals surface area contributed by atoms with Crippen molar-refractivity contribution in [2.45, 2.75) is 19.8 Å². The van der Waals surface area contributed by atoms with Crippen LogP contribution in [0.15, 0.2) is 66.7 Å². The molecule has 1 aliphatic heterocycles. The fraction of sp³-hybridized carbons (Fsp3) is 0.208. The van der Waals surface area contributed by atoms with E-state index >= 15 is 0 Å². The fourth-order valence-electron chi connectivity index (χ4n) is 3.35. The lowest BCUT2D eigenvalue weighted by Gasteiger charge is -2.20. The summed E-state index contributed by atoms with van der Waals surface area (Å²) in [6.07, 6.45) is 0. The third-order valence-electron chi connectivity index (χ3n) is 4.92. The first-order chi connectivity index (χ1) is 15.1. The highest BCUT2D eigenvalue weighted by Gasteiger charge is 2.20. The predicted octanol–water partition coefficient (Wildman–Crippen LogP) is 5.11. The standard InChI is InChI=1S/C24H22F2N2O3/c25-20-7-4-17(5-8-20)15-30-16-18-6-9-23-19(12-18)14-28(10-11-31-23)24(29)27-22-3-1-2-21(26)13-22/h1-9,12-13H,10-11,14-16H2,(H,27,29). The van der Waals surface area contributed by atoms with Gasteiger partial charge in [0, 0.05) is 11.3 Å². The van der Waals surface area contributed by atoms with Gasteiger partial charge < -0.3 is 19.7 Å². The molecule has 1 N–H and O–H groups in total. The average Bonchev–Trinajstić information content (AvgIpc) is 2.97. The van der Waals surface area contributed by atoms with Crippen LogP contribution in [0.4, 0.5) is 19.3 Å². The van der Waals surface area contributed by atoms with Crippen molar-refractivity contribution >= 4 is 11.7 Å². The topological polar surface area (TPSA) is 50.8 Å². The van der Waals surface area contributed by atoms with Crippen LogP contribution in [0.1, 0.15) is 16.7 Å². The van der Waals surface area contributed by atoms with Crippen LogP contribution in [-0.4, -0.2) is 24.1 Å². The summed E-state index contributed by atoms with van der Waals surface area (Å²) in [5.74, 6) is 0.0384. The summed E-state index contributed by atoms with van der Waals surface area (Å²) in [5.41, 5.74) is 3.10. The number of carbonyl (C=O) groups is 1. The highest BCUT2D eigenvalue weighted by atomic mass is 19.1. The Balaban J connectivity index is 1.39. The Labute approximate surface area is 179 Å². The molecule has 0 saturated heterocycles. The number of carbonyl (C=O) groups excluding carboxylic acids is 1. The minimum absolute atomic E-state index is 0.277. The summed E-state index contributed by atoms with van der Waals surface area (Å²) >= 11 is 0. The number of halogens is 2. The molecule has 3 aromatic rings. The monoisotopic (exact) mass is 424 g/mol. The van der Waals surface area contributed by atoms with Gasteiger partial charge in [0.15, 0.2) is 0 Å². The Kier molecular flexibility index (Phi) is 6.43. The summed E-state index contributed by atoms with van der Waals surface area (Å²) in [4.78, 5) is 14.3. The molecule has 0 fully saturated rings. The van der Waals surface area contributed by atoms with E-state index in [4.69, 9.17) is 9.47 Å². The molecule has 3 aromatic carbocycles. The molecule has 0 aliphatic carbocycles. The maximum Gasteiger partial charge on any atom is 0.322 e. The minimum atomic E-state index is -0.410. The smallest absolute Gasteiger partial charge is 0.322 e. The lowest BCUT2D eigenvalue weighted by molar-refractivity contribution is 0.107. The maximum absolute atomic E-state index is 13.4. The van der Waals surface area contributed by atoms with Crippen LogP contribution in [-0.2, 0) is 24.5 Å². The molecular weight excluding hydrogens is 402 g/mol. The van der Waals surface area contributed by atoms with Gasteiger partial charge in [-0.15, -0.1) is 0 Å². The lowest BCUT2D eigenvalue weighted by Crippen LogP contribution is -2.36. The van der Waals surface area contributed by atoms with Crippen molar-refractivity contribution < 1.29 is 23.0 Å². The number of anilines is 1. The van der Waals surface area contributed by atoms with Gasteiger partial charge in [0.2, 0.25) is 0 Å². The molecule has 0 radical (unpaired) electrons. The van der Waals surface area contributed by atoms with E-state index in [1.165, 1.54) is 24.3 Å². The van der Waals surface area contributed by atoms with Crippen LogP contribution in [0, 0.1) is 11.6 Å². The van der Waals surface area contributed by atoms with Crippen LogP contribution in [0.3, 0.4) is 0 Å².